The number of fused-ring (bicyclic) bond motifs is 4. The second-order valence-corrected chi connectivity index (χ2v) is 6.94. The van der Waals surface area contributed by atoms with E-state index < -0.39 is 5.72 Å². The van der Waals surface area contributed by atoms with Crippen LogP contribution in [0.1, 0.15) is 24.9 Å². The third-order valence-electron chi connectivity index (χ3n) is 4.49. The minimum atomic E-state index is -0.682. The highest BCUT2D eigenvalue weighted by Crippen LogP contribution is 2.45. The van der Waals surface area contributed by atoms with Gasteiger partial charge < -0.3 is 10.1 Å². The van der Waals surface area contributed by atoms with Gasteiger partial charge >= 0.3 is 6.03 Å². The summed E-state index contributed by atoms with van der Waals surface area (Å²) in [5, 5.41) is 3.12. The van der Waals surface area contributed by atoms with Gasteiger partial charge in [0.2, 0.25) is 0 Å². The minimum absolute atomic E-state index is 0.00238. The first-order valence-electron chi connectivity index (χ1n) is 7.63. The number of para-hydroxylation sites is 1. The molecular weight excluding hydrogens is 308 g/mol. The Hall–Kier alpha value is -2.14. The summed E-state index contributed by atoms with van der Waals surface area (Å²) in [6.07, 6.45) is 2.75. The molecule has 0 unspecified atom stereocenters. The second-order valence-electron chi connectivity index (χ2n) is 6.06. The van der Waals surface area contributed by atoms with Gasteiger partial charge in [0.05, 0.1) is 11.7 Å². The molecule has 1 N–H and O–H groups in total. The smallest absolute Gasteiger partial charge is 0.325 e. The van der Waals surface area contributed by atoms with Gasteiger partial charge in [-0.25, -0.2) is 4.79 Å². The Morgan fingerprint density at radius 3 is 2.91 bits per heavy atom. The van der Waals surface area contributed by atoms with Gasteiger partial charge in [-0.3, -0.25) is 4.90 Å². The number of hydrogen-bond donors (Lipinski definition) is 1. The molecule has 2 heterocycles. The molecule has 4 rings (SSSR count). The fourth-order valence-electron chi connectivity index (χ4n) is 3.46. The Bertz CT molecular complexity index is 779. The van der Waals surface area contributed by atoms with Gasteiger partial charge in [0, 0.05) is 16.9 Å². The first-order chi connectivity index (χ1) is 11.1. The zero-order valence-electron chi connectivity index (χ0n) is 13.1. The van der Waals surface area contributed by atoms with Crippen molar-refractivity contribution in [2.24, 2.45) is 0 Å². The van der Waals surface area contributed by atoms with E-state index in [4.69, 9.17) is 4.74 Å². The largest absolute Gasteiger partial charge is 0.467 e. The molecule has 23 heavy (non-hydrogen) atoms. The quantitative estimate of drug-likeness (QED) is 0.842. The Labute approximate surface area is 139 Å². The summed E-state index contributed by atoms with van der Waals surface area (Å²) in [5.74, 6) is 0.845. The van der Waals surface area contributed by atoms with Crippen LogP contribution >= 0.6 is 11.8 Å². The SMILES string of the molecule is CSc1cccc(N2C(=O)N[C@H]3C[C@@]2(C)Oc2ccccc23)c1. The van der Waals surface area contributed by atoms with Crippen LogP contribution < -0.4 is 15.0 Å². The number of nitrogens with zero attached hydrogens (tertiary/aromatic N) is 1. The van der Waals surface area contributed by atoms with Crippen molar-refractivity contribution in [3.05, 3.63) is 54.1 Å². The highest BCUT2D eigenvalue weighted by atomic mass is 32.2. The molecule has 2 atom stereocenters. The normalized spacial score (nSPS) is 25.4. The topological polar surface area (TPSA) is 41.6 Å². The van der Waals surface area contributed by atoms with Crippen molar-refractivity contribution in [1.29, 1.82) is 0 Å². The van der Waals surface area contributed by atoms with E-state index in [9.17, 15) is 4.79 Å². The lowest BCUT2D eigenvalue weighted by Gasteiger charge is -2.50. The standard InChI is InChI=1S/C18H18N2O2S/c1-18-11-15(14-8-3-4-9-16(14)22-18)19-17(21)20(18)12-6-5-7-13(10-12)23-2/h3-10,15H,11H2,1-2H3,(H,19,21)/t15-,18+/m0/s1. The number of thioether (sulfide) groups is 1. The van der Waals surface area contributed by atoms with Crippen LogP contribution in [0.3, 0.4) is 0 Å². The Morgan fingerprint density at radius 2 is 2.09 bits per heavy atom. The van der Waals surface area contributed by atoms with Crippen LogP contribution in [0.25, 0.3) is 0 Å². The first kappa shape index (κ1) is 14.5. The van der Waals surface area contributed by atoms with Gasteiger partial charge in [0.1, 0.15) is 5.75 Å². The summed E-state index contributed by atoms with van der Waals surface area (Å²) < 4.78 is 6.26. The molecule has 2 aliphatic heterocycles. The van der Waals surface area contributed by atoms with Crippen LogP contribution in [-0.2, 0) is 0 Å². The summed E-state index contributed by atoms with van der Waals surface area (Å²) >= 11 is 1.66. The van der Waals surface area contributed by atoms with E-state index >= 15 is 0 Å². The minimum Gasteiger partial charge on any atom is -0.467 e. The van der Waals surface area contributed by atoms with Crippen LogP contribution in [0.2, 0.25) is 0 Å². The van der Waals surface area contributed by atoms with Gasteiger partial charge in [-0.05, 0) is 37.4 Å². The van der Waals surface area contributed by atoms with E-state index in [2.05, 4.69) is 5.32 Å². The molecule has 0 aliphatic carbocycles. The summed E-state index contributed by atoms with van der Waals surface area (Å²) in [6.45, 7) is 1.99. The van der Waals surface area contributed by atoms with E-state index in [0.29, 0.717) is 0 Å². The number of rotatable bonds is 2. The van der Waals surface area contributed by atoms with E-state index in [1.54, 1.807) is 16.7 Å². The average molecular weight is 326 g/mol. The fourth-order valence-corrected chi connectivity index (χ4v) is 3.92. The Kier molecular flexibility index (Phi) is 3.27. The number of hydrogen-bond acceptors (Lipinski definition) is 3. The zero-order chi connectivity index (χ0) is 16.0. The maximum Gasteiger partial charge on any atom is 0.325 e. The molecule has 2 aliphatic rings. The zero-order valence-corrected chi connectivity index (χ0v) is 13.9. The number of amides is 2. The van der Waals surface area contributed by atoms with Crippen molar-refractivity contribution in [3.63, 3.8) is 0 Å². The maximum atomic E-state index is 12.8. The van der Waals surface area contributed by atoms with Gasteiger partial charge in [-0.2, -0.15) is 0 Å². The molecule has 5 heteroatoms. The molecule has 118 valence electrons. The molecule has 2 amide bonds. The van der Waals surface area contributed by atoms with Crippen LogP contribution in [0.5, 0.6) is 5.75 Å². The van der Waals surface area contributed by atoms with E-state index in [-0.39, 0.29) is 12.1 Å². The number of nitrogens with one attached hydrogen (secondary N) is 1. The molecule has 0 spiro atoms. The number of carbonyl (C=O) groups is 1. The monoisotopic (exact) mass is 326 g/mol. The summed E-state index contributed by atoms with van der Waals surface area (Å²) in [5.41, 5.74) is 1.23. The highest BCUT2D eigenvalue weighted by molar-refractivity contribution is 7.98. The van der Waals surface area contributed by atoms with E-state index in [1.165, 1.54) is 0 Å². The van der Waals surface area contributed by atoms with Crippen LogP contribution in [-0.4, -0.2) is 18.0 Å². The molecule has 0 radical (unpaired) electrons. The number of carbonyl (C=O) groups excluding carboxylic acids is 1. The molecule has 4 nitrogen and oxygen atoms in total. The molecule has 2 aromatic carbocycles. The lowest BCUT2D eigenvalue weighted by atomic mass is 9.90. The molecule has 0 aromatic heterocycles. The molecule has 1 fully saturated rings. The Morgan fingerprint density at radius 1 is 1.26 bits per heavy atom. The average Bonchev–Trinajstić information content (AvgIpc) is 2.54. The third kappa shape index (κ3) is 2.27. The fraction of sp³-hybridized carbons (Fsp3) is 0.278. The van der Waals surface area contributed by atoms with Crippen LogP contribution in [0.15, 0.2) is 53.4 Å². The lowest BCUT2D eigenvalue weighted by Crippen LogP contribution is -2.65. The van der Waals surface area contributed by atoms with Crippen molar-refractivity contribution in [2.75, 3.05) is 11.2 Å². The number of anilines is 1. The molecule has 2 bridgehead atoms. The molecule has 2 aromatic rings. The van der Waals surface area contributed by atoms with Crippen molar-refractivity contribution in [3.8, 4) is 5.75 Å². The van der Waals surface area contributed by atoms with E-state index in [1.807, 2.05) is 61.7 Å². The van der Waals surface area contributed by atoms with Crippen LogP contribution in [0.4, 0.5) is 10.5 Å². The Balaban J connectivity index is 1.79. The third-order valence-corrected chi connectivity index (χ3v) is 5.22. The van der Waals surface area contributed by atoms with Crippen LogP contribution in [0, 0.1) is 0 Å². The number of urea groups is 1. The maximum absolute atomic E-state index is 12.8. The predicted molar refractivity (Wildman–Crippen MR) is 92.1 cm³/mol. The second kappa shape index (κ2) is 5.20. The summed E-state index contributed by atoms with van der Waals surface area (Å²) in [6, 6.07) is 15.8. The van der Waals surface area contributed by atoms with Gasteiger partial charge in [-0.15, -0.1) is 11.8 Å². The van der Waals surface area contributed by atoms with Crippen molar-refractivity contribution >= 4 is 23.5 Å². The highest BCUT2D eigenvalue weighted by Gasteiger charge is 2.49. The number of ether oxygens (including phenoxy) is 1. The van der Waals surface area contributed by atoms with Gasteiger partial charge in [0.15, 0.2) is 5.72 Å². The predicted octanol–water partition coefficient (Wildman–Crippen LogP) is 4.18. The number of benzene rings is 2. The van der Waals surface area contributed by atoms with Crippen molar-refractivity contribution < 1.29 is 9.53 Å². The van der Waals surface area contributed by atoms with Crippen molar-refractivity contribution in [1.82, 2.24) is 5.32 Å². The van der Waals surface area contributed by atoms with E-state index in [0.717, 1.165) is 28.3 Å². The molecule has 0 saturated carbocycles. The van der Waals surface area contributed by atoms with Gasteiger partial charge in [0.25, 0.3) is 0 Å². The molecule has 1 saturated heterocycles. The van der Waals surface area contributed by atoms with Crippen molar-refractivity contribution in [2.45, 2.75) is 30.0 Å². The lowest BCUT2D eigenvalue weighted by molar-refractivity contribution is 0.0378. The van der Waals surface area contributed by atoms with Gasteiger partial charge in [-0.1, -0.05) is 24.3 Å². The summed E-state index contributed by atoms with van der Waals surface area (Å²) in [4.78, 5) is 15.6. The summed E-state index contributed by atoms with van der Waals surface area (Å²) in [7, 11) is 0. The first-order valence-corrected chi connectivity index (χ1v) is 8.86. The molecular formula is C18H18N2O2S.